The predicted molar refractivity (Wildman–Crippen MR) is 87.7 cm³/mol. The number of hydrogen-bond donors (Lipinski definition) is 2. The number of hydrogen-bond acceptors (Lipinski definition) is 2. The Morgan fingerprint density at radius 1 is 1.20 bits per heavy atom. The largest absolute Gasteiger partial charge is 0.376 e. The van der Waals surface area contributed by atoms with Crippen LogP contribution in [-0.2, 0) is 4.79 Å². The summed E-state index contributed by atoms with van der Waals surface area (Å²) in [4.78, 5) is 11.8. The zero-order chi connectivity index (χ0) is 14.5. The lowest BCUT2D eigenvalue weighted by Crippen LogP contribution is -2.21. The van der Waals surface area contributed by atoms with Gasteiger partial charge in [0.1, 0.15) is 5.82 Å². The number of halogens is 3. The predicted octanol–water partition coefficient (Wildman–Crippen LogP) is 4.13. The van der Waals surface area contributed by atoms with Crippen molar-refractivity contribution in [2.24, 2.45) is 0 Å². The van der Waals surface area contributed by atoms with Crippen molar-refractivity contribution in [3.63, 3.8) is 0 Å². The van der Waals surface area contributed by atoms with Crippen molar-refractivity contribution in [2.75, 3.05) is 17.2 Å². The molecule has 20 heavy (non-hydrogen) atoms. The van der Waals surface area contributed by atoms with Crippen LogP contribution < -0.4 is 10.6 Å². The average molecular weight is 405 g/mol. The minimum Gasteiger partial charge on any atom is -0.376 e. The van der Waals surface area contributed by atoms with Crippen LogP contribution in [0.5, 0.6) is 0 Å². The summed E-state index contributed by atoms with van der Waals surface area (Å²) in [5, 5.41) is 5.78. The summed E-state index contributed by atoms with van der Waals surface area (Å²) in [6, 6.07) is 11.5. The topological polar surface area (TPSA) is 41.1 Å². The second-order valence-electron chi connectivity index (χ2n) is 4.03. The maximum atomic E-state index is 12.9. The van der Waals surface area contributed by atoms with E-state index in [2.05, 4.69) is 33.2 Å². The Balaban J connectivity index is 1.90. The van der Waals surface area contributed by atoms with Gasteiger partial charge in [-0.2, -0.15) is 0 Å². The molecule has 0 atom stereocenters. The molecule has 0 radical (unpaired) electrons. The van der Waals surface area contributed by atoms with Crippen LogP contribution in [-0.4, -0.2) is 12.5 Å². The van der Waals surface area contributed by atoms with Crippen LogP contribution in [0.15, 0.2) is 42.5 Å². The molecule has 0 bridgehead atoms. The Morgan fingerprint density at radius 3 is 2.55 bits per heavy atom. The zero-order valence-electron chi connectivity index (χ0n) is 10.3. The van der Waals surface area contributed by atoms with E-state index in [0.717, 1.165) is 15.3 Å². The summed E-state index contributed by atoms with van der Waals surface area (Å²) in [5.41, 5.74) is 1.24. The molecule has 0 aliphatic carbocycles. The zero-order valence-corrected chi connectivity index (χ0v) is 13.2. The lowest BCUT2D eigenvalue weighted by Gasteiger charge is -2.09. The van der Waals surface area contributed by atoms with Crippen molar-refractivity contribution < 1.29 is 9.18 Å². The van der Waals surface area contributed by atoms with Gasteiger partial charge in [0.15, 0.2) is 0 Å². The molecule has 0 aliphatic heterocycles. The van der Waals surface area contributed by atoms with Crippen LogP contribution in [0.1, 0.15) is 0 Å². The minimum atomic E-state index is -0.440. The minimum absolute atomic E-state index is 0.105. The number of rotatable bonds is 4. The monoisotopic (exact) mass is 404 g/mol. The van der Waals surface area contributed by atoms with Gasteiger partial charge in [-0.05, 0) is 65.1 Å². The molecule has 1 amide bonds. The summed E-state index contributed by atoms with van der Waals surface area (Å²) in [6.07, 6.45) is 0. The number of benzene rings is 2. The van der Waals surface area contributed by atoms with Crippen LogP contribution in [0.25, 0.3) is 0 Å². The van der Waals surface area contributed by atoms with Gasteiger partial charge in [0.2, 0.25) is 5.91 Å². The molecule has 0 aromatic heterocycles. The lowest BCUT2D eigenvalue weighted by molar-refractivity contribution is -0.114. The quantitative estimate of drug-likeness (QED) is 0.752. The SMILES string of the molecule is O=C(CNc1ccc(I)cc1)Nc1ccc(F)cc1Cl. The fourth-order valence-corrected chi connectivity index (χ4v) is 2.11. The maximum Gasteiger partial charge on any atom is 0.243 e. The van der Waals surface area contributed by atoms with Crippen molar-refractivity contribution in [2.45, 2.75) is 0 Å². The molecule has 2 N–H and O–H groups in total. The van der Waals surface area contributed by atoms with E-state index >= 15 is 0 Å². The van der Waals surface area contributed by atoms with Gasteiger partial charge in [-0.1, -0.05) is 11.6 Å². The molecule has 0 unspecified atom stereocenters. The number of nitrogens with one attached hydrogen (secondary N) is 2. The van der Waals surface area contributed by atoms with E-state index in [1.165, 1.54) is 12.1 Å². The second-order valence-corrected chi connectivity index (χ2v) is 5.69. The molecular formula is C14H11ClFIN2O. The summed E-state index contributed by atoms with van der Waals surface area (Å²) < 4.78 is 14.0. The Labute approximate surface area is 134 Å². The molecule has 0 saturated heterocycles. The highest BCUT2D eigenvalue weighted by atomic mass is 127. The molecule has 2 rings (SSSR count). The molecule has 0 heterocycles. The van der Waals surface area contributed by atoms with Crippen LogP contribution in [0.4, 0.5) is 15.8 Å². The third-order valence-electron chi connectivity index (χ3n) is 2.50. The highest BCUT2D eigenvalue weighted by Crippen LogP contribution is 2.22. The van der Waals surface area contributed by atoms with Gasteiger partial charge in [-0.3, -0.25) is 4.79 Å². The van der Waals surface area contributed by atoms with E-state index in [1.807, 2.05) is 24.3 Å². The number of anilines is 2. The molecular weight excluding hydrogens is 394 g/mol. The Bertz CT molecular complexity index is 619. The van der Waals surface area contributed by atoms with Gasteiger partial charge < -0.3 is 10.6 Å². The number of carbonyl (C=O) groups excluding carboxylic acids is 1. The first-order valence-corrected chi connectivity index (χ1v) is 7.24. The van der Waals surface area contributed by atoms with E-state index in [4.69, 9.17) is 11.6 Å². The first-order chi connectivity index (χ1) is 9.54. The maximum absolute atomic E-state index is 12.9. The van der Waals surface area contributed by atoms with E-state index < -0.39 is 5.82 Å². The summed E-state index contributed by atoms with van der Waals surface area (Å²) in [5.74, 6) is -0.693. The van der Waals surface area contributed by atoms with Crippen LogP contribution in [0, 0.1) is 9.39 Å². The molecule has 0 aliphatic rings. The molecule has 0 fully saturated rings. The Hall–Kier alpha value is -1.34. The van der Waals surface area contributed by atoms with E-state index in [9.17, 15) is 9.18 Å². The van der Waals surface area contributed by atoms with Crippen molar-refractivity contribution in [1.29, 1.82) is 0 Å². The third kappa shape index (κ3) is 4.35. The molecule has 104 valence electrons. The van der Waals surface area contributed by atoms with Gasteiger partial charge in [0.25, 0.3) is 0 Å². The fourth-order valence-electron chi connectivity index (χ4n) is 1.54. The molecule has 2 aromatic rings. The Morgan fingerprint density at radius 2 is 1.90 bits per heavy atom. The standard InChI is InChI=1S/C14H11ClFIN2O/c15-12-7-9(16)1-6-13(12)19-14(20)8-18-11-4-2-10(17)3-5-11/h1-7,18H,8H2,(H,19,20). The first-order valence-electron chi connectivity index (χ1n) is 5.79. The highest BCUT2D eigenvalue weighted by Gasteiger charge is 2.06. The highest BCUT2D eigenvalue weighted by molar-refractivity contribution is 14.1. The molecule has 2 aromatic carbocycles. The van der Waals surface area contributed by atoms with Gasteiger partial charge >= 0.3 is 0 Å². The normalized spacial score (nSPS) is 10.2. The van der Waals surface area contributed by atoms with Crippen LogP contribution in [0.3, 0.4) is 0 Å². The van der Waals surface area contributed by atoms with E-state index in [1.54, 1.807) is 0 Å². The van der Waals surface area contributed by atoms with E-state index in [0.29, 0.717) is 5.69 Å². The van der Waals surface area contributed by atoms with Gasteiger partial charge in [-0.25, -0.2) is 4.39 Å². The summed E-state index contributed by atoms with van der Waals surface area (Å²) in [6.45, 7) is 0.105. The van der Waals surface area contributed by atoms with Gasteiger partial charge in [-0.15, -0.1) is 0 Å². The Kier molecular flexibility index (Phi) is 5.19. The number of carbonyl (C=O) groups is 1. The summed E-state index contributed by atoms with van der Waals surface area (Å²) >= 11 is 8.04. The van der Waals surface area contributed by atoms with Crippen LogP contribution >= 0.6 is 34.2 Å². The molecule has 0 saturated carbocycles. The van der Waals surface area contributed by atoms with Crippen molar-refractivity contribution >= 4 is 51.5 Å². The third-order valence-corrected chi connectivity index (χ3v) is 3.53. The molecule has 6 heteroatoms. The average Bonchev–Trinajstić information content (AvgIpc) is 2.41. The van der Waals surface area contributed by atoms with Crippen molar-refractivity contribution in [3.8, 4) is 0 Å². The fraction of sp³-hybridized carbons (Fsp3) is 0.0714. The van der Waals surface area contributed by atoms with Crippen LogP contribution in [0.2, 0.25) is 5.02 Å². The lowest BCUT2D eigenvalue weighted by atomic mass is 10.3. The van der Waals surface area contributed by atoms with Gasteiger partial charge in [0, 0.05) is 9.26 Å². The first kappa shape index (κ1) is 15.1. The van der Waals surface area contributed by atoms with Crippen molar-refractivity contribution in [3.05, 3.63) is 56.9 Å². The summed E-state index contributed by atoms with van der Waals surface area (Å²) in [7, 11) is 0. The van der Waals surface area contributed by atoms with E-state index in [-0.39, 0.29) is 17.5 Å². The smallest absolute Gasteiger partial charge is 0.243 e. The number of amides is 1. The molecule has 0 spiro atoms. The molecule has 3 nitrogen and oxygen atoms in total. The second kappa shape index (κ2) is 6.90. The van der Waals surface area contributed by atoms with Gasteiger partial charge in [0.05, 0.1) is 17.3 Å². The van der Waals surface area contributed by atoms with Crippen molar-refractivity contribution in [1.82, 2.24) is 0 Å².